The van der Waals surface area contributed by atoms with E-state index in [4.69, 9.17) is 5.73 Å². The van der Waals surface area contributed by atoms with E-state index in [0.29, 0.717) is 17.8 Å². The third kappa shape index (κ3) is 3.94. The molecule has 1 rings (SSSR count). The minimum absolute atomic E-state index is 0.0688. The largest absolute Gasteiger partial charge is 0.385 e. The number of carbonyl (C=O) groups is 2. The second-order valence-corrected chi connectivity index (χ2v) is 4.55. The van der Waals surface area contributed by atoms with Gasteiger partial charge in [-0.15, -0.1) is 0 Å². The van der Waals surface area contributed by atoms with Gasteiger partial charge in [0.1, 0.15) is 6.04 Å². The molecule has 0 saturated carbocycles. The Kier molecular flexibility index (Phi) is 5.29. The molecule has 0 saturated heterocycles. The second kappa shape index (κ2) is 6.72. The van der Waals surface area contributed by atoms with E-state index in [9.17, 15) is 9.59 Å². The molecule has 2 amide bonds. The van der Waals surface area contributed by atoms with Gasteiger partial charge in [0.25, 0.3) is 5.91 Å². The highest BCUT2D eigenvalue weighted by atomic mass is 16.2. The number of nitrogens with one attached hydrogen (secondary N) is 2. The molecule has 1 atom stereocenters. The molecule has 0 aliphatic heterocycles. The maximum Gasteiger partial charge on any atom is 0.255 e. The summed E-state index contributed by atoms with van der Waals surface area (Å²) in [5.41, 5.74) is 6.36. The van der Waals surface area contributed by atoms with Gasteiger partial charge in [0, 0.05) is 18.9 Å². The lowest BCUT2D eigenvalue weighted by Gasteiger charge is -2.19. The van der Waals surface area contributed by atoms with Crippen LogP contribution in [0.25, 0.3) is 0 Å². The summed E-state index contributed by atoms with van der Waals surface area (Å²) in [7, 11) is 0. The van der Waals surface area contributed by atoms with Crippen molar-refractivity contribution >= 4 is 17.5 Å². The molecule has 4 N–H and O–H groups in total. The first-order valence-corrected chi connectivity index (χ1v) is 6.25. The normalized spacial score (nSPS) is 12.0. The maximum atomic E-state index is 12.2. The molecule has 0 aliphatic rings. The summed E-state index contributed by atoms with van der Waals surface area (Å²) in [6, 6.07) is 1.02. The van der Waals surface area contributed by atoms with Crippen molar-refractivity contribution in [2.45, 2.75) is 26.8 Å². The fourth-order valence-corrected chi connectivity index (χ4v) is 1.71. The highest BCUT2D eigenvalue weighted by Gasteiger charge is 2.23. The van der Waals surface area contributed by atoms with Crippen LogP contribution in [0.5, 0.6) is 0 Å². The van der Waals surface area contributed by atoms with Crippen LogP contribution in [0.15, 0.2) is 18.5 Å². The molecule has 0 spiro atoms. The number of amides is 2. The second-order valence-electron chi connectivity index (χ2n) is 4.55. The van der Waals surface area contributed by atoms with E-state index in [-0.39, 0.29) is 11.8 Å². The van der Waals surface area contributed by atoms with Crippen molar-refractivity contribution in [3.63, 3.8) is 0 Å². The Bertz CT molecular complexity index is 460. The van der Waals surface area contributed by atoms with Gasteiger partial charge in [-0.1, -0.05) is 13.8 Å². The summed E-state index contributed by atoms with van der Waals surface area (Å²) in [6.07, 6.45) is 3.06. The Morgan fingerprint density at radius 2 is 2.11 bits per heavy atom. The van der Waals surface area contributed by atoms with Crippen molar-refractivity contribution in [1.82, 2.24) is 10.3 Å². The number of rotatable bonds is 6. The monoisotopic (exact) mass is 264 g/mol. The predicted molar refractivity (Wildman–Crippen MR) is 73.7 cm³/mol. The molecular formula is C13H20N4O2. The summed E-state index contributed by atoms with van der Waals surface area (Å²) in [5.74, 6) is -0.973. The fraction of sp³-hybridized carbons (Fsp3) is 0.462. The fourth-order valence-electron chi connectivity index (χ4n) is 1.71. The molecule has 6 heteroatoms. The van der Waals surface area contributed by atoms with E-state index >= 15 is 0 Å². The summed E-state index contributed by atoms with van der Waals surface area (Å²) >= 11 is 0. The highest BCUT2D eigenvalue weighted by molar-refractivity contribution is 6.01. The SMILES string of the molecule is CCNc1ccncc1C(=O)NC(C(N)=O)C(C)C. The highest BCUT2D eigenvalue weighted by Crippen LogP contribution is 2.14. The number of hydrogen-bond acceptors (Lipinski definition) is 4. The number of anilines is 1. The van der Waals surface area contributed by atoms with Gasteiger partial charge in [-0.2, -0.15) is 0 Å². The molecule has 1 aromatic heterocycles. The number of nitrogens with two attached hydrogens (primary N) is 1. The molecule has 0 aliphatic carbocycles. The van der Waals surface area contributed by atoms with Gasteiger partial charge in [0.05, 0.1) is 11.3 Å². The Morgan fingerprint density at radius 3 is 2.63 bits per heavy atom. The van der Waals surface area contributed by atoms with Crippen LogP contribution in [-0.2, 0) is 4.79 Å². The average molecular weight is 264 g/mol. The van der Waals surface area contributed by atoms with Crippen molar-refractivity contribution < 1.29 is 9.59 Å². The average Bonchev–Trinajstić information content (AvgIpc) is 2.36. The van der Waals surface area contributed by atoms with E-state index in [1.54, 1.807) is 12.3 Å². The number of aromatic nitrogens is 1. The van der Waals surface area contributed by atoms with E-state index in [1.807, 2.05) is 20.8 Å². The Morgan fingerprint density at radius 1 is 1.42 bits per heavy atom. The summed E-state index contributed by atoms with van der Waals surface area (Å²) in [4.78, 5) is 27.4. The van der Waals surface area contributed by atoms with E-state index in [0.717, 1.165) is 0 Å². The predicted octanol–water partition coefficient (Wildman–Crippen LogP) is 0.753. The molecule has 1 aromatic rings. The lowest BCUT2D eigenvalue weighted by Crippen LogP contribution is -2.47. The van der Waals surface area contributed by atoms with Crippen LogP contribution in [0.4, 0.5) is 5.69 Å². The van der Waals surface area contributed by atoms with Crippen molar-refractivity contribution in [3.8, 4) is 0 Å². The molecule has 104 valence electrons. The van der Waals surface area contributed by atoms with Crippen LogP contribution < -0.4 is 16.4 Å². The Labute approximate surface area is 112 Å². The molecule has 0 fully saturated rings. The van der Waals surface area contributed by atoms with Gasteiger partial charge in [0.2, 0.25) is 5.91 Å². The van der Waals surface area contributed by atoms with Gasteiger partial charge in [-0.3, -0.25) is 14.6 Å². The molecule has 0 aromatic carbocycles. The molecule has 1 heterocycles. The molecule has 0 radical (unpaired) electrons. The third-order valence-corrected chi connectivity index (χ3v) is 2.69. The van der Waals surface area contributed by atoms with Crippen LogP contribution in [0, 0.1) is 5.92 Å². The van der Waals surface area contributed by atoms with Crippen molar-refractivity contribution in [3.05, 3.63) is 24.0 Å². The molecule has 1 unspecified atom stereocenters. The summed E-state index contributed by atoms with van der Waals surface area (Å²) in [5, 5.41) is 5.71. The minimum Gasteiger partial charge on any atom is -0.385 e. The zero-order valence-corrected chi connectivity index (χ0v) is 11.4. The third-order valence-electron chi connectivity index (χ3n) is 2.69. The minimum atomic E-state index is -0.692. The maximum absolute atomic E-state index is 12.2. The number of hydrogen-bond donors (Lipinski definition) is 3. The molecule has 0 bridgehead atoms. The van der Waals surface area contributed by atoms with Crippen LogP contribution in [-0.4, -0.2) is 29.4 Å². The lowest BCUT2D eigenvalue weighted by molar-refractivity contribution is -0.120. The van der Waals surface area contributed by atoms with Gasteiger partial charge in [-0.05, 0) is 18.9 Å². The first kappa shape index (κ1) is 14.9. The van der Waals surface area contributed by atoms with Crippen LogP contribution in [0.1, 0.15) is 31.1 Å². The molecule has 19 heavy (non-hydrogen) atoms. The van der Waals surface area contributed by atoms with Gasteiger partial charge < -0.3 is 16.4 Å². The molecular weight excluding hydrogens is 244 g/mol. The number of carbonyl (C=O) groups excluding carboxylic acids is 2. The standard InChI is InChI=1S/C13H20N4O2/c1-4-16-10-5-6-15-7-9(10)13(19)17-11(8(2)3)12(14)18/h5-8,11H,4H2,1-3H3,(H2,14,18)(H,15,16)(H,17,19). The van der Waals surface area contributed by atoms with Gasteiger partial charge in [0.15, 0.2) is 0 Å². The Balaban J connectivity index is 2.91. The van der Waals surface area contributed by atoms with Gasteiger partial charge >= 0.3 is 0 Å². The van der Waals surface area contributed by atoms with Crippen molar-refractivity contribution in [2.24, 2.45) is 11.7 Å². The summed E-state index contributed by atoms with van der Waals surface area (Å²) < 4.78 is 0. The van der Waals surface area contributed by atoms with Crippen LogP contribution in [0.3, 0.4) is 0 Å². The van der Waals surface area contributed by atoms with Crippen molar-refractivity contribution in [2.75, 3.05) is 11.9 Å². The topological polar surface area (TPSA) is 97.1 Å². The summed E-state index contributed by atoms with van der Waals surface area (Å²) in [6.45, 7) is 6.27. The zero-order chi connectivity index (χ0) is 14.4. The first-order valence-electron chi connectivity index (χ1n) is 6.25. The van der Waals surface area contributed by atoms with E-state index < -0.39 is 11.9 Å². The van der Waals surface area contributed by atoms with Gasteiger partial charge in [-0.25, -0.2) is 0 Å². The van der Waals surface area contributed by atoms with E-state index in [2.05, 4.69) is 15.6 Å². The van der Waals surface area contributed by atoms with Crippen LogP contribution in [0.2, 0.25) is 0 Å². The van der Waals surface area contributed by atoms with E-state index in [1.165, 1.54) is 6.20 Å². The molecule has 6 nitrogen and oxygen atoms in total. The smallest absolute Gasteiger partial charge is 0.255 e. The number of pyridine rings is 1. The number of primary amides is 1. The Hall–Kier alpha value is -2.11. The lowest BCUT2D eigenvalue weighted by atomic mass is 10.0. The number of nitrogens with zero attached hydrogens (tertiary/aromatic N) is 1. The zero-order valence-electron chi connectivity index (χ0n) is 11.4. The van der Waals surface area contributed by atoms with Crippen molar-refractivity contribution in [1.29, 1.82) is 0 Å². The quantitative estimate of drug-likeness (QED) is 0.706. The van der Waals surface area contributed by atoms with Crippen LogP contribution >= 0.6 is 0 Å². The first-order chi connectivity index (χ1) is 8.97.